The fraction of sp³-hybridized carbons (Fsp3) is 0.480. The van der Waals surface area contributed by atoms with E-state index >= 15 is 0 Å². The molecular formula is C25H33NNbO6. The van der Waals surface area contributed by atoms with E-state index in [-0.39, 0.29) is 36.2 Å². The molecule has 1 aromatic carbocycles. The Morgan fingerprint density at radius 2 is 1.82 bits per heavy atom. The van der Waals surface area contributed by atoms with Crippen LogP contribution in [0.4, 0.5) is 0 Å². The van der Waals surface area contributed by atoms with E-state index in [0.717, 1.165) is 42.5 Å². The maximum absolute atomic E-state index is 12.3. The number of fused-ring (bicyclic) bond motifs is 1. The van der Waals surface area contributed by atoms with E-state index in [4.69, 9.17) is 9.84 Å². The molecule has 0 bridgehead atoms. The summed E-state index contributed by atoms with van der Waals surface area (Å²) in [5, 5.41) is 28.3. The zero-order chi connectivity index (χ0) is 24.2. The van der Waals surface area contributed by atoms with Crippen molar-refractivity contribution in [2.45, 2.75) is 51.9 Å². The van der Waals surface area contributed by atoms with E-state index in [1.165, 1.54) is 24.1 Å². The van der Waals surface area contributed by atoms with Crippen molar-refractivity contribution < 1.29 is 50.2 Å². The predicted octanol–water partition coefficient (Wildman–Crippen LogP) is 3.19. The second-order valence-corrected chi connectivity index (χ2v) is 9.60. The number of esters is 1. The number of hydrogen-bond donors (Lipinski definition) is 3. The monoisotopic (exact) mass is 536 g/mol. The third-order valence-corrected chi connectivity index (χ3v) is 6.11. The van der Waals surface area contributed by atoms with Crippen LogP contribution in [0, 0.1) is 0 Å². The molecular weight excluding hydrogens is 503 g/mol. The van der Waals surface area contributed by atoms with Crippen molar-refractivity contribution in [3.8, 4) is 11.5 Å². The van der Waals surface area contributed by atoms with E-state index < -0.39 is 5.97 Å². The number of carbonyl (C=O) groups excluding carboxylic acids is 2. The van der Waals surface area contributed by atoms with E-state index in [2.05, 4.69) is 19.1 Å². The Kier molecular flexibility index (Phi) is 11.6. The maximum atomic E-state index is 12.3. The third kappa shape index (κ3) is 9.29. The molecule has 2 aliphatic rings. The van der Waals surface area contributed by atoms with Crippen molar-refractivity contribution in [3.05, 3.63) is 47.1 Å². The summed E-state index contributed by atoms with van der Waals surface area (Å²) in [5.41, 5.74) is 2.00. The molecule has 1 aromatic rings. The number of rotatable bonds is 1. The summed E-state index contributed by atoms with van der Waals surface area (Å²) < 4.78 is 6.35. The Bertz CT molecular complexity index is 902. The summed E-state index contributed by atoms with van der Waals surface area (Å²) >= 11 is 1.57. The summed E-state index contributed by atoms with van der Waals surface area (Å²) in [6.07, 6.45) is 12.7. The van der Waals surface area contributed by atoms with E-state index in [1.807, 2.05) is 6.08 Å². The quantitative estimate of drug-likeness (QED) is 0.289. The van der Waals surface area contributed by atoms with Gasteiger partial charge in [-0.2, -0.15) is 0 Å². The van der Waals surface area contributed by atoms with Crippen molar-refractivity contribution in [2.24, 2.45) is 0 Å². The molecule has 0 aliphatic carbocycles. The molecule has 0 atom stereocenters. The Labute approximate surface area is 207 Å². The van der Waals surface area contributed by atoms with Crippen LogP contribution in [-0.4, -0.2) is 62.1 Å². The number of ether oxygens (including phenoxy) is 1. The summed E-state index contributed by atoms with van der Waals surface area (Å²) in [6.45, 7) is 3.70. The number of amides is 1. The fourth-order valence-corrected chi connectivity index (χ4v) is 4.69. The van der Waals surface area contributed by atoms with Gasteiger partial charge in [0, 0.05) is 13.1 Å². The Hall–Kier alpha value is -2.19. The molecule has 2 aliphatic heterocycles. The number of hydrogen-bond acceptors (Lipinski definition) is 6. The van der Waals surface area contributed by atoms with Crippen LogP contribution in [0.5, 0.6) is 11.5 Å². The average molecular weight is 536 g/mol. The summed E-state index contributed by atoms with van der Waals surface area (Å²) in [4.78, 5) is 24.8. The average Bonchev–Trinajstić information content (AvgIpc) is 2.77. The molecule has 7 nitrogen and oxygen atoms in total. The minimum Gasteiger partial charge on any atom is -0.387 e. The first-order valence-electron chi connectivity index (χ1n) is 11.3. The van der Waals surface area contributed by atoms with Gasteiger partial charge in [0.1, 0.15) is 6.61 Å². The largest absolute Gasteiger partial charge is 0.387 e. The number of benzene rings is 1. The molecule has 1 saturated heterocycles. The van der Waals surface area contributed by atoms with Crippen LogP contribution in [0.3, 0.4) is 0 Å². The Balaban J connectivity index is 0.000000321. The van der Waals surface area contributed by atoms with Crippen molar-refractivity contribution in [3.63, 3.8) is 0 Å². The fourth-order valence-electron chi connectivity index (χ4n) is 3.73. The van der Waals surface area contributed by atoms with Crippen molar-refractivity contribution in [1.29, 1.82) is 0 Å². The number of piperidine rings is 1. The zero-order valence-electron chi connectivity index (χ0n) is 19.1. The number of aliphatic hydroxyl groups excluding tert-OH is 1. The van der Waals surface area contributed by atoms with Gasteiger partial charge in [-0.15, -0.1) is 0 Å². The number of aromatic hydroxyl groups is 2. The van der Waals surface area contributed by atoms with Gasteiger partial charge in [-0.25, -0.2) is 0 Å². The standard InChI is InChI=1S/C18H20O4.C7H13NO2.Nb/c1-13-7-4-2-3-5-10-22-18(21)17-14(9-6-8-13)11-15(19)12-16(17)20;9-6-7(10)8-4-2-1-3-5-8;/h2-3,8,11-12,19-20H,4-5,7,9-10H2,1H3;9H,1-6H2;/b3-2+,13-8+;;. The van der Waals surface area contributed by atoms with Crippen molar-refractivity contribution in [1.82, 2.24) is 4.90 Å². The first-order valence-corrected chi connectivity index (χ1v) is 12.4. The first kappa shape index (κ1) is 27.1. The molecule has 0 aromatic heterocycles. The number of phenols is 2. The molecule has 8 heteroatoms. The maximum Gasteiger partial charge on any atom is 0.248 e. The van der Waals surface area contributed by atoms with Crippen LogP contribution in [0.25, 0.3) is 0 Å². The molecule has 0 unspecified atom stereocenters. The Morgan fingerprint density at radius 1 is 1.12 bits per heavy atom. The van der Waals surface area contributed by atoms with Crippen LogP contribution in [0.15, 0.2) is 35.9 Å². The summed E-state index contributed by atoms with van der Waals surface area (Å²) in [6, 6.07) is 2.69. The minimum atomic E-state index is -0.553. The normalized spacial score (nSPS) is 20.2. The van der Waals surface area contributed by atoms with Crippen LogP contribution in [0.1, 0.15) is 61.4 Å². The van der Waals surface area contributed by atoms with Crippen molar-refractivity contribution in [2.75, 3.05) is 26.3 Å². The third-order valence-electron chi connectivity index (χ3n) is 5.41. The van der Waals surface area contributed by atoms with Gasteiger partial charge in [-0.05, 0) is 19.3 Å². The topological polar surface area (TPSA) is 107 Å². The van der Waals surface area contributed by atoms with Gasteiger partial charge in [0.05, 0.1) is 0 Å². The molecule has 0 radical (unpaired) electrons. The number of phenolic OH excluding ortho intramolecular Hbond substituents is 2. The molecule has 33 heavy (non-hydrogen) atoms. The molecule has 0 saturated carbocycles. The minimum absolute atomic E-state index is 0.0578. The van der Waals surface area contributed by atoms with Gasteiger partial charge < -0.3 is 10.0 Å². The number of nitrogens with zero attached hydrogens (tertiary/aromatic N) is 1. The zero-order valence-corrected chi connectivity index (χ0v) is 21.3. The molecule has 1 fully saturated rings. The SMILES string of the molecule is C/C1=C\[C](=[Nb])Cc2cc(O)cc(O)c2C(=O)OCC/C=C/CC1.O=C(CO)N1CCCCC1. The molecule has 1 amide bonds. The van der Waals surface area contributed by atoms with Crippen LogP contribution in [-0.2, 0) is 36.6 Å². The number of aliphatic hydroxyl groups is 1. The van der Waals surface area contributed by atoms with Gasteiger partial charge in [0.2, 0.25) is 5.91 Å². The summed E-state index contributed by atoms with van der Waals surface area (Å²) in [7, 11) is 0. The Morgan fingerprint density at radius 3 is 2.52 bits per heavy atom. The number of cyclic esters (lactones) is 1. The number of carbonyl (C=O) groups is 2. The van der Waals surface area contributed by atoms with Crippen LogP contribution < -0.4 is 0 Å². The predicted molar refractivity (Wildman–Crippen MR) is 123 cm³/mol. The van der Waals surface area contributed by atoms with Crippen molar-refractivity contribution >= 4 is 15.6 Å². The van der Waals surface area contributed by atoms with E-state index in [1.54, 1.807) is 25.5 Å². The van der Waals surface area contributed by atoms with Crippen LogP contribution in [0.2, 0.25) is 0 Å². The number of likely N-dealkylation sites (tertiary alicyclic amines) is 1. The van der Waals surface area contributed by atoms with E-state index in [9.17, 15) is 19.8 Å². The van der Waals surface area contributed by atoms with E-state index in [0.29, 0.717) is 18.4 Å². The smallest absolute Gasteiger partial charge is 0.248 e. The molecule has 0 spiro atoms. The second-order valence-electron chi connectivity index (χ2n) is 8.19. The van der Waals surface area contributed by atoms with Gasteiger partial charge in [0.25, 0.3) is 0 Å². The molecule has 3 rings (SSSR count). The van der Waals surface area contributed by atoms with Gasteiger partial charge in [0.15, 0.2) is 0 Å². The summed E-state index contributed by atoms with van der Waals surface area (Å²) in [5.74, 6) is -0.980. The van der Waals surface area contributed by atoms with Gasteiger partial charge >= 0.3 is 148 Å². The second kappa shape index (κ2) is 14.2. The molecule has 179 valence electrons. The number of allylic oxidation sites excluding steroid dienone is 3. The first-order chi connectivity index (χ1) is 15.8. The van der Waals surface area contributed by atoms with Gasteiger partial charge in [-0.1, -0.05) is 0 Å². The molecule has 3 N–H and O–H groups in total. The molecule has 2 heterocycles. The van der Waals surface area contributed by atoms with Crippen LogP contribution >= 0.6 is 0 Å². The van der Waals surface area contributed by atoms with Gasteiger partial charge in [-0.3, -0.25) is 4.79 Å².